The molecule has 0 bridgehead atoms. The molecular weight excluding hydrogens is 226 g/mol. The van der Waals surface area contributed by atoms with Crippen LogP contribution in [0.5, 0.6) is 0 Å². The van der Waals surface area contributed by atoms with E-state index < -0.39 is 11.4 Å². The van der Waals surface area contributed by atoms with Gasteiger partial charge >= 0.3 is 5.97 Å². The molecule has 96 valence electrons. The Morgan fingerprint density at radius 1 is 1.39 bits per heavy atom. The van der Waals surface area contributed by atoms with Crippen LogP contribution in [0, 0.1) is 12.3 Å². The molecule has 0 aliphatic heterocycles. The van der Waals surface area contributed by atoms with E-state index >= 15 is 0 Å². The lowest BCUT2D eigenvalue weighted by Gasteiger charge is -2.18. The minimum absolute atomic E-state index is 0.546. The Labute approximate surface area is 107 Å². The SMILES string of the molecule is Cc1cccc2c1c(CC(C)(C)C(=O)O)cn2C. The topological polar surface area (TPSA) is 42.2 Å². The molecule has 1 aromatic carbocycles. The molecule has 1 heterocycles. The van der Waals surface area contributed by atoms with Crippen molar-refractivity contribution in [2.24, 2.45) is 12.5 Å². The summed E-state index contributed by atoms with van der Waals surface area (Å²) in [6.07, 6.45) is 2.59. The van der Waals surface area contributed by atoms with Gasteiger partial charge in [0.25, 0.3) is 0 Å². The molecule has 1 aromatic heterocycles. The average molecular weight is 245 g/mol. The van der Waals surface area contributed by atoms with E-state index in [9.17, 15) is 9.90 Å². The average Bonchev–Trinajstić information content (AvgIpc) is 2.56. The van der Waals surface area contributed by atoms with E-state index in [4.69, 9.17) is 0 Å². The van der Waals surface area contributed by atoms with Crippen LogP contribution in [-0.4, -0.2) is 15.6 Å². The highest BCUT2D eigenvalue weighted by atomic mass is 16.4. The van der Waals surface area contributed by atoms with Crippen LogP contribution in [0.1, 0.15) is 25.0 Å². The summed E-state index contributed by atoms with van der Waals surface area (Å²) >= 11 is 0. The van der Waals surface area contributed by atoms with Crippen molar-refractivity contribution in [3.05, 3.63) is 35.5 Å². The number of fused-ring (bicyclic) bond motifs is 1. The molecule has 3 nitrogen and oxygen atoms in total. The van der Waals surface area contributed by atoms with Crippen LogP contribution in [0.3, 0.4) is 0 Å². The van der Waals surface area contributed by atoms with Gasteiger partial charge in [-0.1, -0.05) is 12.1 Å². The van der Waals surface area contributed by atoms with Crippen molar-refractivity contribution >= 4 is 16.9 Å². The van der Waals surface area contributed by atoms with Crippen molar-refractivity contribution in [2.75, 3.05) is 0 Å². The van der Waals surface area contributed by atoms with E-state index in [-0.39, 0.29) is 0 Å². The van der Waals surface area contributed by atoms with Gasteiger partial charge in [-0.2, -0.15) is 0 Å². The molecule has 1 N–H and O–H groups in total. The third-order valence-electron chi connectivity index (χ3n) is 3.51. The maximum atomic E-state index is 11.2. The Morgan fingerprint density at radius 3 is 2.67 bits per heavy atom. The summed E-state index contributed by atoms with van der Waals surface area (Å²) in [5, 5.41) is 10.4. The fraction of sp³-hybridized carbons (Fsp3) is 0.400. The lowest BCUT2D eigenvalue weighted by atomic mass is 9.85. The summed E-state index contributed by atoms with van der Waals surface area (Å²) in [6, 6.07) is 6.17. The third-order valence-corrected chi connectivity index (χ3v) is 3.51. The quantitative estimate of drug-likeness (QED) is 0.902. The summed E-state index contributed by atoms with van der Waals surface area (Å²) in [5.41, 5.74) is 2.73. The fourth-order valence-corrected chi connectivity index (χ4v) is 2.42. The van der Waals surface area contributed by atoms with Gasteiger partial charge in [-0.05, 0) is 44.4 Å². The number of benzene rings is 1. The molecule has 2 rings (SSSR count). The third kappa shape index (κ3) is 2.01. The monoisotopic (exact) mass is 245 g/mol. The molecule has 0 saturated carbocycles. The van der Waals surface area contributed by atoms with E-state index in [1.165, 1.54) is 10.9 Å². The highest BCUT2D eigenvalue weighted by Gasteiger charge is 2.28. The minimum Gasteiger partial charge on any atom is -0.481 e. The number of hydrogen-bond acceptors (Lipinski definition) is 1. The minimum atomic E-state index is -0.756. The van der Waals surface area contributed by atoms with Crippen LogP contribution in [0.4, 0.5) is 0 Å². The summed E-state index contributed by atoms with van der Waals surface area (Å²) in [6.45, 7) is 5.61. The summed E-state index contributed by atoms with van der Waals surface area (Å²) in [5.74, 6) is -0.756. The van der Waals surface area contributed by atoms with E-state index in [0.29, 0.717) is 6.42 Å². The van der Waals surface area contributed by atoms with Crippen LogP contribution in [0.15, 0.2) is 24.4 Å². The number of nitrogens with zero attached hydrogens (tertiary/aromatic N) is 1. The maximum Gasteiger partial charge on any atom is 0.309 e. The fourth-order valence-electron chi connectivity index (χ4n) is 2.42. The zero-order valence-corrected chi connectivity index (χ0v) is 11.3. The van der Waals surface area contributed by atoms with Gasteiger partial charge in [-0.15, -0.1) is 0 Å². The Balaban J connectivity index is 2.56. The first-order valence-corrected chi connectivity index (χ1v) is 6.10. The smallest absolute Gasteiger partial charge is 0.309 e. The number of aromatic nitrogens is 1. The second kappa shape index (κ2) is 4.16. The van der Waals surface area contributed by atoms with Crippen molar-refractivity contribution in [3.8, 4) is 0 Å². The van der Waals surface area contributed by atoms with Crippen LogP contribution in [-0.2, 0) is 18.3 Å². The molecule has 0 amide bonds. The van der Waals surface area contributed by atoms with Gasteiger partial charge in [0, 0.05) is 24.1 Å². The zero-order valence-electron chi connectivity index (χ0n) is 11.3. The Kier molecular flexibility index (Phi) is 2.93. The van der Waals surface area contributed by atoms with Gasteiger partial charge in [0.2, 0.25) is 0 Å². The van der Waals surface area contributed by atoms with Crippen molar-refractivity contribution in [1.82, 2.24) is 4.57 Å². The second-order valence-corrected chi connectivity index (χ2v) is 5.60. The molecule has 0 aliphatic carbocycles. The number of hydrogen-bond donors (Lipinski definition) is 1. The van der Waals surface area contributed by atoms with Crippen LogP contribution in [0.2, 0.25) is 0 Å². The molecule has 18 heavy (non-hydrogen) atoms. The normalized spacial score (nSPS) is 12.0. The predicted molar refractivity (Wildman–Crippen MR) is 72.8 cm³/mol. The molecule has 0 spiro atoms. The molecule has 0 saturated heterocycles. The Hall–Kier alpha value is -1.77. The Bertz CT molecular complexity index is 608. The van der Waals surface area contributed by atoms with Crippen LogP contribution >= 0.6 is 0 Å². The number of rotatable bonds is 3. The van der Waals surface area contributed by atoms with Gasteiger partial charge in [-0.25, -0.2) is 0 Å². The number of carboxylic acid groups (broad SMARTS) is 1. The first-order valence-electron chi connectivity index (χ1n) is 6.10. The number of aliphatic carboxylic acids is 1. The number of aryl methyl sites for hydroxylation is 2. The van der Waals surface area contributed by atoms with Crippen molar-refractivity contribution < 1.29 is 9.90 Å². The molecule has 0 fully saturated rings. The molecule has 3 heteroatoms. The molecule has 2 aromatic rings. The summed E-state index contributed by atoms with van der Waals surface area (Å²) in [4.78, 5) is 11.2. The van der Waals surface area contributed by atoms with Gasteiger partial charge in [0.1, 0.15) is 0 Å². The first-order chi connectivity index (χ1) is 8.33. The molecule has 0 unspecified atom stereocenters. The lowest BCUT2D eigenvalue weighted by molar-refractivity contribution is -0.146. The van der Waals surface area contributed by atoms with E-state index in [2.05, 4.69) is 23.6 Å². The standard InChI is InChI=1S/C15H19NO2/c1-10-6-5-7-12-13(10)11(9-16(12)4)8-15(2,3)14(17)18/h5-7,9H,8H2,1-4H3,(H,17,18). The molecule has 0 aliphatic rings. The van der Waals surface area contributed by atoms with E-state index in [1.807, 2.05) is 19.3 Å². The first kappa shape index (κ1) is 12.7. The number of carbonyl (C=O) groups is 1. The van der Waals surface area contributed by atoms with Gasteiger partial charge in [0.15, 0.2) is 0 Å². The van der Waals surface area contributed by atoms with Crippen LogP contribution in [0.25, 0.3) is 10.9 Å². The molecular formula is C15H19NO2. The van der Waals surface area contributed by atoms with E-state index in [1.54, 1.807) is 13.8 Å². The highest BCUT2D eigenvalue weighted by molar-refractivity contribution is 5.88. The Morgan fingerprint density at radius 2 is 2.06 bits per heavy atom. The van der Waals surface area contributed by atoms with Crippen molar-refractivity contribution in [1.29, 1.82) is 0 Å². The summed E-state index contributed by atoms with van der Waals surface area (Å²) in [7, 11) is 2.00. The van der Waals surface area contributed by atoms with Crippen molar-refractivity contribution in [3.63, 3.8) is 0 Å². The molecule has 0 radical (unpaired) electrons. The van der Waals surface area contributed by atoms with Crippen LogP contribution < -0.4 is 0 Å². The maximum absolute atomic E-state index is 11.2. The van der Waals surface area contributed by atoms with E-state index in [0.717, 1.165) is 11.1 Å². The van der Waals surface area contributed by atoms with Gasteiger partial charge < -0.3 is 9.67 Å². The predicted octanol–water partition coefficient (Wildman–Crippen LogP) is 3.14. The van der Waals surface area contributed by atoms with Gasteiger partial charge in [-0.3, -0.25) is 4.79 Å². The van der Waals surface area contributed by atoms with Crippen molar-refractivity contribution in [2.45, 2.75) is 27.2 Å². The lowest BCUT2D eigenvalue weighted by Crippen LogP contribution is -2.26. The zero-order chi connectivity index (χ0) is 13.5. The second-order valence-electron chi connectivity index (χ2n) is 5.60. The number of carboxylic acids is 1. The van der Waals surface area contributed by atoms with Gasteiger partial charge in [0.05, 0.1) is 5.41 Å². The summed E-state index contributed by atoms with van der Waals surface area (Å²) < 4.78 is 2.07. The largest absolute Gasteiger partial charge is 0.481 e. The molecule has 0 atom stereocenters. The highest BCUT2D eigenvalue weighted by Crippen LogP contribution is 2.30.